The molecule has 0 bridgehead atoms. The van der Waals surface area contributed by atoms with Crippen molar-refractivity contribution < 1.29 is 9.53 Å². The molecule has 0 amide bonds. The first-order chi connectivity index (χ1) is 14.4. The second kappa shape index (κ2) is 8.32. The van der Waals surface area contributed by atoms with E-state index in [0.717, 1.165) is 34.8 Å². The number of methoxy groups -OCH3 is 1. The smallest absolute Gasteiger partial charge is 0.229 e. The van der Waals surface area contributed by atoms with Crippen LogP contribution in [0, 0.1) is 12.8 Å². The molecule has 30 heavy (non-hydrogen) atoms. The third-order valence-electron chi connectivity index (χ3n) is 5.21. The molecule has 1 aliphatic rings. The van der Waals surface area contributed by atoms with E-state index >= 15 is 0 Å². The van der Waals surface area contributed by atoms with Crippen LogP contribution in [0.25, 0.3) is 0 Å². The SMILES string of the molecule is COc1ccc(Nc2nc3c(c(Nc4cccc(Cl)c4C)n2)C(=O)CC(C)C3)cc1. The molecule has 0 fully saturated rings. The van der Waals surface area contributed by atoms with Crippen molar-refractivity contribution >= 4 is 40.5 Å². The van der Waals surface area contributed by atoms with E-state index in [1.807, 2.05) is 49.4 Å². The number of aromatic nitrogens is 2. The molecular weight excluding hydrogens is 400 g/mol. The summed E-state index contributed by atoms with van der Waals surface area (Å²) in [6.07, 6.45) is 1.22. The molecule has 1 atom stereocenters. The third-order valence-corrected chi connectivity index (χ3v) is 5.61. The monoisotopic (exact) mass is 422 g/mol. The van der Waals surface area contributed by atoms with Crippen LogP contribution in [-0.2, 0) is 6.42 Å². The lowest BCUT2D eigenvalue weighted by molar-refractivity contribution is 0.0953. The number of benzene rings is 2. The van der Waals surface area contributed by atoms with Crippen molar-refractivity contribution in [2.75, 3.05) is 17.7 Å². The Labute approximate surface area is 180 Å². The molecule has 4 rings (SSSR count). The highest BCUT2D eigenvalue weighted by Gasteiger charge is 2.28. The number of hydrogen-bond acceptors (Lipinski definition) is 6. The zero-order chi connectivity index (χ0) is 21.3. The number of nitrogens with zero attached hydrogens (tertiary/aromatic N) is 2. The molecule has 1 heterocycles. The summed E-state index contributed by atoms with van der Waals surface area (Å²) in [4.78, 5) is 22.1. The van der Waals surface area contributed by atoms with Crippen molar-refractivity contribution in [3.8, 4) is 5.75 Å². The van der Waals surface area contributed by atoms with Gasteiger partial charge in [0.05, 0.1) is 18.4 Å². The van der Waals surface area contributed by atoms with E-state index in [-0.39, 0.29) is 11.7 Å². The van der Waals surface area contributed by atoms with Crippen LogP contribution in [0.2, 0.25) is 5.02 Å². The van der Waals surface area contributed by atoms with Crippen molar-refractivity contribution in [2.45, 2.75) is 26.7 Å². The quantitative estimate of drug-likeness (QED) is 0.549. The van der Waals surface area contributed by atoms with E-state index in [0.29, 0.717) is 28.8 Å². The normalized spacial score (nSPS) is 15.5. The summed E-state index contributed by atoms with van der Waals surface area (Å²) in [6.45, 7) is 3.99. The standard InChI is InChI=1S/C23H23ClN4O2/c1-13-11-19-21(20(29)12-13)22(26-18-6-4-5-17(24)14(18)2)28-23(27-19)25-15-7-9-16(30-3)10-8-15/h4-10,13H,11-12H2,1-3H3,(H2,25,26,27,28). The van der Waals surface area contributed by atoms with Crippen molar-refractivity contribution in [2.24, 2.45) is 5.92 Å². The predicted molar refractivity (Wildman–Crippen MR) is 120 cm³/mol. The number of hydrogen-bond donors (Lipinski definition) is 2. The Morgan fingerprint density at radius 2 is 1.83 bits per heavy atom. The van der Waals surface area contributed by atoms with Crippen LogP contribution in [0.3, 0.4) is 0 Å². The molecule has 0 radical (unpaired) electrons. The van der Waals surface area contributed by atoms with Gasteiger partial charge in [0.15, 0.2) is 5.78 Å². The van der Waals surface area contributed by atoms with E-state index in [4.69, 9.17) is 16.3 Å². The van der Waals surface area contributed by atoms with E-state index in [1.165, 1.54) is 0 Å². The highest BCUT2D eigenvalue weighted by molar-refractivity contribution is 6.31. The van der Waals surface area contributed by atoms with Crippen molar-refractivity contribution in [1.29, 1.82) is 0 Å². The van der Waals surface area contributed by atoms with Crippen LogP contribution >= 0.6 is 11.6 Å². The van der Waals surface area contributed by atoms with Gasteiger partial charge in [-0.05, 0) is 61.2 Å². The van der Waals surface area contributed by atoms with Crippen LogP contribution in [0.1, 0.15) is 35.0 Å². The largest absolute Gasteiger partial charge is 0.497 e. The van der Waals surface area contributed by atoms with Crippen molar-refractivity contribution in [3.05, 3.63) is 64.3 Å². The number of fused-ring (bicyclic) bond motifs is 1. The van der Waals surface area contributed by atoms with Crippen LogP contribution < -0.4 is 15.4 Å². The van der Waals surface area contributed by atoms with Gasteiger partial charge in [-0.2, -0.15) is 4.98 Å². The first-order valence-electron chi connectivity index (χ1n) is 9.82. The molecule has 2 N–H and O–H groups in total. The van der Waals surface area contributed by atoms with Gasteiger partial charge in [0.1, 0.15) is 11.6 Å². The summed E-state index contributed by atoms with van der Waals surface area (Å²) in [5.41, 5.74) is 3.86. The second-order valence-corrected chi connectivity index (χ2v) is 7.95. The first kappa shape index (κ1) is 20.2. The predicted octanol–water partition coefficient (Wildman–Crippen LogP) is 5.70. The van der Waals surface area contributed by atoms with Crippen molar-refractivity contribution in [3.63, 3.8) is 0 Å². The molecule has 0 aliphatic heterocycles. The number of carbonyl (C=O) groups is 1. The van der Waals surface area contributed by atoms with Crippen molar-refractivity contribution in [1.82, 2.24) is 9.97 Å². The number of Topliss-reactive ketones (excluding diaryl/α,β-unsaturated/α-hetero) is 1. The second-order valence-electron chi connectivity index (χ2n) is 7.55. The molecule has 3 aromatic rings. The molecule has 7 heteroatoms. The maximum Gasteiger partial charge on any atom is 0.229 e. The Hall–Kier alpha value is -3.12. The number of carbonyl (C=O) groups excluding carboxylic acids is 1. The van der Waals surface area contributed by atoms with Gasteiger partial charge in [0.2, 0.25) is 5.95 Å². The van der Waals surface area contributed by atoms with E-state index in [2.05, 4.69) is 27.5 Å². The minimum absolute atomic E-state index is 0.0573. The van der Waals surface area contributed by atoms with Gasteiger partial charge >= 0.3 is 0 Å². The molecule has 1 unspecified atom stereocenters. The van der Waals surface area contributed by atoms with Gasteiger partial charge in [-0.25, -0.2) is 4.98 Å². The molecular formula is C23H23ClN4O2. The first-order valence-corrected chi connectivity index (χ1v) is 10.2. The zero-order valence-electron chi connectivity index (χ0n) is 17.1. The topological polar surface area (TPSA) is 76.1 Å². The Kier molecular flexibility index (Phi) is 5.59. The summed E-state index contributed by atoms with van der Waals surface area (Å²) in [5, 5.41) is 7.20. The zero-order valence-corrected chi connectivity index (χ0v) is 17.9. The van der Waals surface area contributed by atoms with E-state index in [9.17, 15) is 4.79 Å². The number of rotatable bonds is 5. The van der Waals surface area contributed by atoms with Gasteiger partial charge < -0.3 is 15.4 Å². The maximum absolute atomic E-state index is 12.8. The summed E-state index contributed by atoms with van der Waals surface area (Å²) in [6, 6.07) is 13.1. The minimum atomic E-state index is 0.0573. The third kappa shape index (κ3) is 4.09. The van der Waals surface area contributed by atoms with Gasteiger partial charge in [0.25, 0.3) is 0 Å². The molecule has 1 aliphatic carbocycles. The number of ether oxygens (including phenoxy) is 1. The highest BCUT2D eigenvalue weighted by Crippen LogP contribution is 2.33. The minimum Gasteiger partial charge on any atom is -0.497 e. The average Bonchev–Trinajstić information content (AvgIpc) is 2.71. The fourth-order valence-electron chi connectivity index (χ4n) is 3.59. The van der Waals surface area contributed by atoms with E-state index < -0.39 is 0 Å². The lowest BCUT2D eigenvalue weighted by atomic mass is 9.87. The van der Waals surface area contributed by atoms with Crippen LogP contribution in [0.15, 0.2) is 42.5 Å². The van der Waals surface area contributed by atoms with Gasteiger partial charge in [-0.15, -0.1) is 0 Å². The Morgan fingerprint density at radius 3 is 2.57 bits per heavy atom. The lowest BCUT2D eigenvalue weighted by Gasteiger charge is -2.23. The molecule has 154 valence electrons. The maximum atomic E-state index is 12.8. The molecule has 0 saturated heterocycles. The number of nitrogens with one attached hydrogen (secondary N) is 2. The fraction of sp³-hybridized carbons (Fsp3) is 0.261. The number of anilines is 4. The van der Waals surface area contributed by atoms with Gasteiger partial charge in [-0.1, -0.05) is 24.6 Å². The average molecular weight is 423 g/mol. The van der Waals surface area contributed by atoms with E-state index in [1.54, 1.807) is 7.11 Å². The number of halogens is 1. The fourth-order valence-corrected chi connectivity index (χ4v) is 3.76. The number of ketones is 1. The lowest BCUT2D eigenvalue weighted by Crippen LogP contribution is -2.22. The summed E-state index contributed by atoms with van der Waals surface area (Å²) in [7, 11) is 1.63. The Morgan fingerprint density at radius 1 is 1.07 bits per heavy atom. The molecule has 0 saturated carbocycles. The van der Waals surface area contributed by atoms with Crippen LogP contribution in [0.5, 0.6) is 5.75 Å². The van der Waals surface area contributed by atoms with Crippen LogP contribution in [0.4, 0.5) is 23.1 Å². The molecule has 0 spiro atoms. The Bertz CT molecular complexity index is 1100. The van der Waals surface area contributed by atoms with Crippen LogP contribution in [-0.4, -0.2) is 22.9 Å². The summed E-state index contributed by atoms with van der Waals surface area (Å²) < 4.78 is 5.21. The van der Waals surface area contributed by atoms with Gasteiger partial charge in [-0.3, -0.25) is 4.79 Å². The van der Waals surface area contributed by atoms with Gasteiger partial charge in [0, 0.05) is 22.8 Å². The Balaban J connectivity index is 1.75. The molecule has 6 nitrogen and oxygen atoms in total. The molecule has 2 aromatic carbocycles. The summed E-state index contributed by atoms with van der Waals surface area (Å²) >= 11 is 6.27. The summed E-state index contributed by atoms with van der Waals surface area (Å²) in [5.74, 6) is 2.00. The highest BCUT2D eigenvalue weighted by atomic mass is 35.5. The molecule has 1 aromatic heterocycles.